The number of rotatable bonds is 1. The Hall–Kier alpha value is -0.189. The van der Waals surface area contributed by atoms with Gasteiger partial charge < -0.3 is 10.5 Å². The molecule has 132 valence electrons. The van der Waals surface area contributed by atoms with Gasteiger partial charge in [0.25, 0.3) is 0 Å². The number of carbonyl (C=O) groups is 1. The SMILES string of the molecule is C[Si]C.[Cl][Ti][Cl].[NH-]C(=O)C1CCCCC1.c1ccc2[cH-]ccc2c1. The minimum Gasteiger partial charge on any atom is -0.668 e. The largest absolute Gasteiger partial charge is 0.668 e. The predicted molar refractivity (Wildman–Crippen MR) is 105 cm³/mol. The van der Waals surface area contributed by atoms with E-state index in [4.69, 9.17) is 24.3 Å². The fraction of sp³-hybridized carbons (Fsp3) is 0.444. The topological polar surface area (TPSA) is 40.9 Å². The summed E-state index contributed by atoms with van der Waals surface area (Å²) in [4.78, 5) is 10.5. The summed E-state index contributed by atoms with van der Waals surface area (Å²) in [5, 5.41) is 2.66. The van der Waals surface area contributed by atoms with Crippen LogP contribution in [0.3, 0.4) is 0 Å². The Labute approximate surface area is 165 Å². The molecule has 3 rings (SSSR count). The van der Waals surface area contributed by atoms with E-state index in [1.165, 1.54) is 17.2 Å². The van der Waals surface area contributed by atoms with Crippen LogP contribution < -0.4 is 0 Å². The first-order chi connectivity index (χ1) is 11.6. The first kappa shape index (κ1) is 23.8. The maximum Gasteiger partial charge on any atom is 0.0519 e. The number of hydrogen-bond donors (Lipinski definition) is 0. The Morgan fingerprint density at radius 1 is 1.17 bits per heavy atom. The smallest absolute Gasteiger partial charge is 0.0519 e. The van der Waals surface area contributed by atoms with E-state index in [9.17, 15) is 4.79 Å². The van der Waals surface area contributed by atoms with Crippen LogP contribution in [0.2, 0.25) is 13.1 Å². The Morgan fingerprint density at radius 3 is 2.17 bits per heavy atom. The molecule has 0 aromatic heterocycles. The summed E-state index contributed by atoms with van der Waals surface area (Å²) in [6, 6.07) is 14.7. The molecule has 1 aliphatic carbocycles. The average molecular weight is 418 g/mol. The van der Waals surface area contributed by atoms with Gasteiger partial charge in [0.15, 0.2) is 0 Å². The number of benzene rings is 1. The van der Waals surface area contributed by atoms with Crippen molar-refractivity contribution in [1.82, 2.24) is 0 Å². The minimum atomic E-state index is -0.556. The molecule has 1 aliphatic rings. The molecular formula is C18H25Cl2NOSiTi-2. The van der Waals surface area contributed by atoms with Gasteiger partial charge in [-0.15, -0.1) is 29.7 Å². The molecule has 1 N–H and O–H groups in total. The summed E-state index contributed by atoms with van der Waals surface area (Å²) in [5.41, 5.74) is 6.83. The van der Waals surface area contributed by atoms with Gasteiger partial charge in [-0.2, -0.15) is 17.5 Å². The first-order valence-corrected chi connectivity index (χ1v) is 14.3. The second-order valence-corrected chi connectivity index (χ2v) is 9.00. The van der Waals surface area contributed by atoms with Gasteiger partial charge in [-0.1, -0.05) is 38.4 Å². The summed E-state index contributed by atoms with van der Waals surface area (Å²) >= 11 is -0.556. The number of amides is 1. The molecular weight excluding hydrogens is 393 g/mol. The molecule has 2 nitrogen and oxygen atoms in total. The minimum absolute atomic E-state index is 0.0822. The van der Waals surface area contributed by atoms with Crippen molar-refractivity contribution < 1.29 is 21.8 Å². The van der Waals surface area contributed by atoms with Crippen LogP contribution in [0.4, 0.5) is 0 Å². The van der Waals surface area contributed by atoms with Crippen LogP contribution in [0, 0.1) is 5.92 Å². The fourth-order valence-corrected chi connectivity index (χ4v) is 2.43. The van der Waals surface area contributed by atoms with E-state index in [-0.39, 0.29) is 11.8 Å². The van der Waals surface area contributed by atoms with E-state index in [0.29, 0.717) is 0 Å². The van der Waals surface area contributed by atoms with Gasteiger partial charge >= 0.3 is 35.6 Å². The van der Waals surface area contributed by atoms with Crippen LogP contribution in [0.15, 0.2) is 42.5 Å². The molecule has 0 heterocycles. The number of fused-ring (bicyclic) bond motifs is 1. The molecule has 2 aromatic rings. The van der Waals surface area contributed by atoms with E-state index in [1.54, 1.807) is 0 Å². The molecule has 1 amide bonds. The van der Waals surface area contributed by atoms with Gasteiger partial charge in [0.05, 0.1) is 5.91 Å². The molecule has 1 saturated carbocycles. The molecule has 0 spiro atoms. The molecule has 6 heteroatoms. The van der Waals surface area contributed by atoms with Gasteiger partial charge in [-0.05, 0) is 12.8 Å². The maximum atomic E-state index is 10.5. The van der Waals surface area contributed by atoms with Crippen molar-refractivity contribution in [3.05, 3.63) is 48.2 Å². The molecule has 0 atom stereocenters. The number of hydrogen-bond acceptors (Lipinski definition) is 1. The fourth-order valence-electron chi connectivity index (χ4n) is 2.43. The summed E-state index contributed by atoms with van der Waals surface area (Å²) in [7, 11) is 10.9. The summed E-state index contributed by atoms with van der Waals surface area (Å²) in [5.74, 6) is -0.270. The van der Waals surface area contributed by atoms with Crippen LogP contribution in [0.5, 0.6) is 0 Å². The second-order valence-electron chi connectivity index (χ2n) is 5.43. The maximum absolute atomic E-state index is 10.5. The summed E-state index contributed by atoms with van der Waals surface area (Å²) in [6.45, 7) is 4.31. The molecule has 0 unspecified atom stereocenters. The first-order valence-electron chi connectivity index (χ1n) is 8.01. The van der Waals surface area contributed by atoms with Gasteiger partial charge in [0, 0.05) is 15.4 Å². The van der Waals surface area contributed by atoms with Gasteiger partial charge in [-0.3, -0.25) is 0 Å². The zero-order valence-corrected chi connectivity index (χ0v) is 18.4. The quantitative estimate of drug-likeness (QED) is 0.368. The van der Waals surface area contributed by atoms with Gasteiger partial charge in [-0.25, -0.2) is 0 Å². The number of halogens is 2. The summed E-state index contributed by atoms with van der Waals surface area (Å²) in [6.07, 6.45) is 5.47. The Kier molecular flexibility index (Phi) is 16.2. The molecule has 0 aliphatic heterocycles. The zero-order chi connectivity index (χ0) is 18.2. The van der Waals surface area contributed by atoms with E-state index >= 15 is 0 Å². The van der Waals surface area contributed by atoms with Gasteiger partial charge in [0.2, 0.25) is 0 Å². The third kappa shape index (κ3) is 11.4. The number of carbonyl (C=O) groups excluding carboxylic acids is 1. The third-order valence-electron chi connectivity index (χ3n) is 3.52. The summed E-state index contributed by atoms with van der Waals surface area (Å²) < 4.78 is 0. The molecule has 24 heavy (non-hydrogen) atoms. The molecule has 2 radical (unpaired) electrons. The van der Waals surface area contributed by atoms with Crippen LogP contribution in [-0.2, 0) is 21.8 Å². The van der Waals surface area contributed by atoms with Gasteiger partial charge in [0.1, 0.15) is 0 Å². The Morgan fingerprint density at radius 2 is 1.71 bits per heavy atom. The number of nitrogens with one attached hydrogen (secondary N) is 1. The van der Waals surface area contributed by atoms with E-state index in [2.05, 4.69) is 55.6 Å². The van der Waals surface area contributed by atoms with E-state index in [0.717, 1.165) is 35.2 Å². The van der Waals surface area contributed by atoms with Crippen LogP contribution in [0.1, 0.15) is 32.1 Å². The normalized spacial score (nSPS) is 13.3. The average Bonchev–Trinajstić information content (AvgIpc) is 3.06. The van der Waals surface area contributed by atoms with Crippen LogP contribution in [0.25, 0.3) is 16.5 Å². The Bertz CT molecular complexity index is 512. The van der Waals surface area contributed by atoms with Crippen molar-refractivity contribution >= 4 is 44.8 Å². The van der Waals surface area contributed by atoms with Crippen molar-refractivity contribution in [3.63, 3.8) is 0 Å². The third-order valence-corrected chi connectivity index (χ3v) is 3.52. The van der Waals surface area contributed by atoms with E-state index < -0.39 is 17.0 Å². The standard InChI is InChI=1S/C9H7.C7H13NO.C2H6Si.2ClH.Ti/c1-2-5-9-7-3-6-8(9)4-1;8-7(9)6-4-2-1-3-5-6;1-3-2;;;/h1-7H;6H,1-5H2,(H2,8,9);1-2H3;2*1H;/q-1;;;;;+2/p-3. The molecule has 2 aromatic carbocycles. The predicted octanol–water partition coefficient (Wildman–Crippen LogP) is 6.87. The molecule has 0 bridgehead atoms. The van der Waals surface area contributed by atoms with Crippen LogP contribution in [-0.4, -0.2) is 15.4 Å². The van der Waals surface area contributed by atoms with Crippen LogP contribution >= 0.6 is 18.6 Å². The monoisotopic (exact) mass is 417 g/mol. The molecule has 1 fully saturated rings. The van der Waals surface area contributed by atoms with Crippen molar-refractivity contribution in [1.29, 1.82) is 0 Å². The molecule has 0 saturated heterocycles. The van der Waals surface area contributed by atoms with Crippen molar-refractivity contribution in [2.24, 2.45) is 5.92 Å². The van der Waals surface area contributed by atoms with Crippen molar-refractivity contribution in [2.75, 3.05) is 0 Å². The Balaban J connectivity index is 0.000000335. The second kappa shape index (κ2) is 16.3. The zero-order valence-electron chi connectivity index (χ0n) is 14.3. The van der Waals surface area contributed by atoms with Crippen molar-refractivity contribution in [3.8, 4) is 0 Å². The van der Waals surface area contributed by atoms with Crippen molar-refractivity contribution in [2.45, 2.75) is 45.2 Å². The van der Waals surface area contributed by atoms with E-state index in [1.807, 2.05) is 0 Å².